The van der Waals surface area contributed by atoms with Gasteiger partial charge >= 0.3 is 19.2 Å². The highest BCUT2D eigenvalue weighted by Gasteiger charge is 2.54. The van der Waals surface area contributed by atoms with E-state index in [9.17, 15) is 14.7 Å². The third kappa shape index (κ3) is 4.93. The van der Waals surface area contributed by atoms with Crippen LogP contribution in [0.25, 0.3) is 17.2 Å². The third-order valence-corrected chi connectivity index (χ3v) is 9.31. The van der Waals surface area contributed by atoms with E-state index in [0.717, 1.165) is 22.3 Å². The molecule has 0 aromatic heterocycles. The summed E-state index contributed by atoms with van der Waals surface area (Å²) >= 11 is 0. The lowest BCUT2D eigenvalue weighted by atomic mass is 9.76. The molecule has 1 saturated carbocycles. The highest BCUT2D eigenvalue weighted by atomic mass is 16.7. The van der Waals surface area contributed by atoms with Crippen LogP contribution in [0.4, 0.5) is 4.79 Å². The number of benzene rings is 3. The van der Waals surface area contributed by atoms with Crippen LogP contribution < -0.4 is 5.32 Å². The van der Waals surface area contributed by atoms with E-state index in [1.807, 2.05) is 82.3 Å². The van der Waals surface area contributed by atoms with Gasteiger partial charge in [0.15, 0.2) is 0 Å². The van der Waals surface area contributed by atoms with Crippen molar-refractivity contribution >= 4 is 25.3 Å². The number of nitrogens with one attached hydrogen (secondary N) is 1. The number of alkyl carbamates (subject to hydrolysis) is 1. The molecule has 1 heterocycles. The summed E-state index contributed by atoms with van der Waals surface area (Å²) in [5, 5.41) is 12.9. The number of hydrogen-bond donors (Lipinski definition) is 2. The molecule has 3 aromatic carbocycles. The fourth-order valence-electron chi connectivity index (χ4n) is 6.00. The van der Waals surface area contributed by atoms with Crippen LogP contribution >= 0.6 is 0 Å². The summed E-state index contributed by atoms with van der Waals surface area (Å²) in [5.74, 6) is -0.865. The Morgan fingerprint density at radius 2 is 1.45 bits per heavy atom. The maximum Gasteiger partial charge on any atom is 0.492 e. The molecular formula is C34H36BNO6. The van der Waals surface area contributed by atoms with E-state index in [0.29, 0.717) is 18.3 Å². The second kappa shape index (κ2) is 10.4. The molecular weight excluding hydrogens is 529 g/mol. The van der Waals surface area contributed by atoms with E-state index in [2.05, 4.69) is 29.6 Å². The van der Waals surface area contributed by atoms with Crippen LogP contribution in [0.15, 0.2) is 78.3 Å². The predicted octanol–water partition coefficient (Wildman–Crippen LogP) is 6.36. The van der Waals surface area contributed by atoms with Crippen molar-refractivity contribution in [1.82, 2.24) is 5.32 Å². The average molecular weight is 565 g/mol. The van der Waals surface area contributed by atoms with Gasteiger partial charge < -0.3 is 24.5 Å². The van der Waals surface area contributed by atoms with E-state index in [1.54, 1.807) is 0 Å². The molecule has 0 spiro atoms. The zero-order chi connectivity index (χ0) is 29.7. The average Bonchev–Trinajstić information content (AvgIpc) is 3.67. The van der Waals surface area contributed by atoms with Crippen LogP contribution in [-0.4, -0.2) is 48.6 Å². The lowest BCUT2D eigenvalue weighted by Gasteiger charge is -2.32. The fraction of sp³-hybridized carbons (Fsp3) is 0.353. The Morgan fingerprint density at radius 3 is 2.02 bits per heavy atom. The van der Waals surface area contributed by atoms with Crippen LogP contribution in [0.5, 0.6) is 0 Å². The van der Waals surface area contributed by atoms with Crippen LogP contribution in [0.3, 0.4) is 0 Å². The van der Waals surface area contributed by atoms with Crippen LogP contribution in [0.1, 0.15) is 68.7 Å². The number of fused-ring (bicyclic) bond motifs is 3. The molecule has 1 aliphatic heterocycles. The van der Waals surface area contributed by atoms with Crippen molar-refractivity contribution in [1.29, 1.82) is 0 Å². The zero-order valence-corrected chi connectivity index (χ0v) is 24.5. The molecule has 6 rings (SSSR count). The lowest BCUT2D eigenvalue weighted by Crippen LogP contribution is -2.41. The van der Waals surface area contributed by atoms with Crippen molar-refractivity contribution in [2.75, 3.05) is 13.2 Å². The molecule has 1 saturated heterocycles. The number of carbonyl (C=O) groups excluding carboxylic acids is 1. The Balaban J connectivity index is 1.22. The van der Waals surface area contributed by atoms with Gasteiger partial charge in [0.2, 0.25) is 0 Å². The van der Waals surface area contributed by atoms with Crippen molar-refractivity contribution in [2.24, 2.45) is 0 Å². The summed E-state index contributed by atoms with van der Waals surface area (Å²) in [6.45, 7) is 8.21. The standard InChI is InChI=1S/C34H36BNO6/c1-32(2)33(3,4)42-35(41-32)23(19-22-11-5-10-16-29(22)34(17-18-34)30(37)38)20-36-31(39)40-21-28-26-14-8-6-12-24(26)25-13-7-9-15-27(25)28/h5-16,19,28H,17-18,20-21H2,1-4H3,(H,36,39)(H,37,38). The fourth-order valence-corrected chi connectivity index (χ4v) is 6.00. The van der Waals surface area contributed by atoms with Crippen molar-refractivity contribution in [3.05, 3.63) is 101 Å². The van der Waals surface area contributed by atoms with E-state index >= 15 is 0 Å². The number of amides is 1. The summed E-state index contributed by atoms with van der Waals surface area (Å²) in [5.41, 5.74) is 4.79. The van der Waals surface area contributed by atoms with Crippen LogP contribution in [0, 0.1) is 0 Å². The van der Waals surface area contributed by atoms with Crippen molar-refractivity contribution in [3.63, 3.8) is 0 Å². The molecule has 0 unspecified atom stereocenters. The molecule has 2 N–H and O–H groups in total. The summed E-state index contributed by atoms with van der Waals surface area (Å²) in [7, 11) is -0.725. The van der Waals surface area contributed by atoms with Crippen molar-refractivity contribution in [3.8, 4) is 11.1 Å². The minimum absolute atomic E-state index is 0.0427. The Kier molecular flexibility index (Phi) is 7.02. The third-order valence-electron chi connectivity index (χ3n) is 9.31. The topological polar surface area (TPSA) is 94.1 Å². The van der Waals surface area contributed by atoms with Gasteiger partial charge in [0, 0.05) is 12.5 Å². The number of ether oxygens (including phenoxy) is 1. The van der Waals surface area contributed by atoms with Crippen LogP contribution in [0.2, 0.25) is 0 Å². The van der Waals surface area contributed by atoms with E-state index in [4.69, 9.17) is 14.0 Å². The first-order valence-corrected chi connectivity index (χ1v) is 14.5. The quantitative estimate of drug-likeness (QED) is 0.309. The second-order valence-corrected chi connectivity index (χ2v) is 12.5. The smallest absolute Gasteiger partial charge is 0.481 e. The molecule has 3 aromatic rings. The molecule has 3 aliphatic rings. The zero-order valence-electron chi connectivity index (χ0n) is 24.5. The molecule has 2 fully saturated rings. The minimum Gasteiger partial charge on any atom is -0.481 e. The van der Waals surface area contributed by atoms with Gasteiger partial charge in [-0.05, 0) is 79.4 Å². The first-order chi connectivity index (χ1) is 20.0. The Morgan fingerprint density at radius 1 is 0.905 bits per heavy atom. The summed E-state index contributed by atoms with van der Waals surface area (Å²) in [6, 6.07) is 23.9. The summed E-state index contributed by atoms with van der Waals surface area (Å²) in [4.78, 5) is 25.2. The largest absolute Gasteiger partial charge is 0.492 e. The monoisotopic (exact) mass is 565 g/mol. The Hall–Kier alpha value is -3.88. The predicted molar refractivity (Wildman–Crippen MR) is 162 cm³/mol. The number of carboxylic acids is 1. The van der Waals surface area contributed by atoms with Gasteiger partial charge in [-0.3, -0.25) is 4.79 Å². The van der Waals surface area contributed by atoms with Gasteiger partial charge in [0.1, 0.15) is 6.61 Å². The summed E-state index contributed by atoms with van der Waals surface area (Å²) < 4.78 is 18.4. The maximum atomic E-state index is 13.1. The van der Waals surface area contributed by atoms with Gasteiger partial charge in [0.05, 0.1) is 16.6 Å². The number of rotatable bonds is 8. The first kappa shape index (κ1) is 28.3. The van der Waals surface area contributed by atoms with E-state index in [1.165, 1.54) is 11.1 Å². The molecule has 0 atom stereocenters. The highest BCUT2D eigenvalue weighted by molar-refractivity contribution is 6.56. The van der Waals surface area contributed by atoms with Gasteiger partial charge in [-0.15, -0.1) is 0 Å². The number of hydrogen-bond acceptors (Lipinski definition) is 5. The number of aliphatic carboxylic acids is 1. The molecule has 216 valence electrons. The SMILES string of the molecule is CC1(C)OB(C(=Cc2ccccc2C2(C(=O)O)CC2)CNC(=O)OCC2c3ccccc3-c3ccccc32)OC1(C)C. The Labute approximate surface area is 247 Å². The molecule has 8 heteroatoms. The second-order valence-electron chi connectivity index (χ2n) is 12.5. The van der Waals surface area contributed by atoms with E-state index < -0.39 is 35.8 Å². The molecule has 0 radical (unpaired) electrons. The molecule has 2 aliphatic carbocycles. The van der Waals surface area contributed by atoms with Crippen molar-refractivity contribution < 1.29 is 28.7 Å². The minimum atomic E-state index is -0.881. The molecule has 0 bridgehead atoms. The lowest BCUT2D eigenvalue weighted by molar-refractivity contribution is -0.140. The van der Waals surface area contributed by atoms with E-state index in [-0.39, 0.29) is 19.1 Å². The van der Waals surface area contributed by atoms with Crippen LogP contribution in [-0.2, 0) is 24.3 Å². The molecule has 42 heavy (non-hydrogen) atoms. The molecule has 7 nitrogen and oxygen atoms in total. The Bertz CT molecular complexity index is 1510. The maximum absolute atomic E-state index is 13.1. The van der Waals surface area contributed by atoms with Gasteiger partial charge in [-0.1, -0.05) is 78.9 Å². The van der Waals surface area contributed by atoms with Gasteiger partial charge in [-0.2, -0.15) is 0 Å². The van der Waals surface area contributed by atoms with Crippen molar-refractivity contribution in [2.45, 2.75) is 63.1 Å². The highest BCUT2D eigenvalue weighted by Crippen LogP contribution is 2.50. The van der Waals surface area contributed by atoms with Gasteiger partial charge in [-0.25, -0.2) is 4.79 Å². The number of carbonyl (C=O) groups is 2. The first-order valence-electron chi connectivity index (χ1n) is 14.5. The summed E-state index contributed by atoms with van der Waals surface area (Å²) in [6.07, 6.45) is 2.54. The van der Waals surface area contributed by atoms with Gasteiger partial charge in [0.25, 0.3) is 0 Å². The number of carboxylic acid groups (broad SMARTS) is 1. The molecule has 1 amide bonds. The normalized spacial score (nSPS) is 19.6.